The molecule has 11 heteroatoms. The fourth-order valence-electron chi connectivity index (χ4n) is 3.32. The lowest BCUT2D eigenvalue weighted by Crippen LogP contribution is -2.36. The summed E-state index contributed by atoms with van der Waals surface area (Å²) in [6.45, 7) is -0.390. The van der Waals surface area contributed by atoms with Gasteiger partial charge in [0.1, 0.15) is 18.1 Å². The van der Waals surface area contributed by atoms with Gasteiger partial charge in [0, 0.05) is 11.8 Å². The molecule has 35 heavy (non-hydrogen) atoms. The van der Waals surface area contributed by atoms with Gasteiger partial charge < -0.3 is 19.5 Å². The fourth-order valence-corrected chi connectivity index (χ4v) is 4.91. The number of furan rings is 1. The maximum Gasteiger partial charge on any atom is 0.294 e. The predicted octanol–water partition coefficient (Wildman–Crippen LogP) is 4.99. The van der Waals surface area contributed by atoms with E-state index in [9.17, 15) is 14.4 Å². The van der Waals surface area contributed by atoms with Crippen molar-refractivity contribution in [2.45, 2.75) is 10.2 Å². The Bertz CT molecular complexity index is 1430. The molecule has 1 saturated heterocycles. The van der Waals surface area contributed by atoms with Gasteiger partial charge in [-0.1, -0.05) is 12.1 Å². The number of H-pyrrole nitrogens is 1. The fraction of sp³-hybridized carbons (Fsp3) is 0.0833. The third kappa shape index (κ3) is 5.10. The van der Waals surface area contributed by atoms with Crippen molar-refractivity contribution in [1.29, 1.82) is 0 Å². The lowest BCUT2D eigenvalue weighted by Gasteiger charge is -2.12. The second-order valence-corrected chi connectivity index (χ2v) is 9.35. The van der Waals surface area contributed by atoms with Gasteiger partial charge in [-0.05, 0) is 72.1 Å². The summed E-state index contributed by atoms with van der Waals surface area (Å²) in [7, 11) is 1.55. The number of nitrogens with zero attached hydrogens (tertiary/aromatic N) is 2. The molecule has 3 heterocycles. The number of para-hydroxylation sites is 2. The average molecular weight is 507 g/mol. The normalized spacial score (nSPS) is 14.8. The van der Waals surface area contributed by atoms with Gasteiger partial charge in [0.15, 0.2) is 10.2 Å². The van der Waals surface area contributed by atoms with E-state index in [1.54, 1.807) is 43.5 Å². The van der Waals surface area contributed by atoms with Crippen LogP contribution in [0.5, 0.6) is 5.75 Å². The van der Waals surface area contributed by atoms with Crippen molar-refractivity contribution >= 4 is 63.4 Å². The summed E-state index contributed by atoms with van der Waals surface area (Å²) in [6.07, 6.45) is 1.50. The summed E-state index contributed by atoms with van der Waals surface area (Å²) in [6, 6.07) is 17.9. The molecule has 4 aromatic rings. The summed E-state index contributed by atoms with van der Waals surface area (Å²) in [5.74, 6) is 0.0296. The van der Waals surface area contributed by atoms with Crippen molar-refractivity contribution in [2.75, 3.05) is 19.0 Å². The SMILES string of the molecule is COc1ccc(NC(=O)CN2C(=O)S/C(=C/c3ccc(Sc4nc5ccccc5[nH]4)o3)C2=O)cc1. The Morgan fingerprint density at radius 3 is 2.74 bits per heavy atom. The van der Waals surface area contributed by atoms with Gasteiger partial charge in [0.05, 0.1) is 23.0 Å². The number of thioether (sulfide) groups is 1. The quantitative estimate of drug-likeness (QED) is 0.337. The van der Waals surface area contributed by atoms with E-state index < -0.39 is 17.1 Å². The number of carbonyl (C=O) groups is 3. The van der Waals surface area contributed by atoms with Crippen LogP contribution in [0.25, 0.3) is 17.1 Å². The van der Waals surface area contributed by atoms with Crippen LogP contribution in [0.15, 0.2) is 80.2 Å². The van der Waals surface area contributed by atoms with E-state index in [-0.39, 0.29) is 11.4 Å². The molecule has 1 aliphatic heterocycles. The first-order chi connectivity index (χ1) is 17.0. The van der Waals surface area contributed by atoms with E-state index in [4.69, 9.17) is 9.15 Å². The molecule has 0 spiro atoms. The summed E-state index contributed by atoms with van der Waals surface area (Å²) in [5.41, 5.74) is 2.31. The number of rotatable bonds is 7. The number of methoxy groups -OCH3 is 1. The third-order valence-corrected chi connectivity index (χ3v) is 6.70. The minimum Gasteiger partial charge on any atom is -0.497 e. The summed E-state index contributed by atoms with van der Waals surface area (Å²) < 4.78 is 10.9. The second kappa shape index (κ2) is 9.72. The zero-order valence-electron chi connectivity index (χ0n) is 18.3. The van der Waals surface area contributed by atoms with Gasteiger partial charge in [0.25, 0.3) is 11.1 Å². The van der Waals surface area contributed by atoms with Crippen LogP contribution in [0, 0.1) is 0 Å². The van der Waals surface area contributed by atoms with Crippen molar-refractivity contribution in [3.63, 3.8) is 0 Å². The number of nitrogens with one attached hydrogen (secondary N) is 2. The molecule has 2 aromatic heterocycles. The van der Waals surface area contributed by atoms with Crippen molar-refractivity contribution in [1.82, 2.24) is 14.9 Å². The number of imidazole rings is 1. The van der Waals surface area contributed by atoms with Crippen LogP contribution in [-0.4, -0.2) is 45.6 Å². The standard InChI is InChI=1S/C24H18N4O5S2/c1-32-15-8-6-14(7-9-15)25-20(29)13-28-22(30)19(34-24(28)31)12-16-10-11-21(33-16)35-23-26-17-4-2-3-5-18(17)27-23/h2-12H,13H2,1H3,(H,25,29)(H,26,27)/b19-12+. The number of hydrogen-bond acceptors (Lipinski definition) is 8. The van der Waals surface area contributed by atoms with E-state index in [1.807, 2.05) is 24.3 Å². The van der Waals surface area contributed by atoms with Gasteiger partial charge in [-0.2, -0.15) is 0 Å². The molecule has 5 rings (SSSR count). The van der Waals surface area contributed by atoms with Gasteiger partial charge in [-0.15, -0.1) is 0 Å². The summed E-state index contributed by atoms with van der Waals surface area (Å²) in [5, 5.41) is 3.40. The minimum absolute atomic E-state index is 0.182. The number of aromatic amines is 1. The average Bonchev–Trinajstić information content (AvgIpc) is 3.54. The molecule has 1 aliphatic rings. The Morgan fingerprint density at radius 1 is 1.17 bits per heavy atom. The maximum absolute atomic E-state index is 12.7. The van der Waals surface area contributed by atoms with Crippen molar-refractivity contribution < 1.29 is 23.5 Å². The molecule has 0 saturated carbocycles. The predicted molar refractivity (Wildman–Crippen MR) is 133 cm³/mol. The van der Waals surface area contributed by atoms with E-state index in [0.717, 1.165) is 27.7 Å². The van der Waals surface area contributed by atoms with Gasteiger partial charge in [0.2, 0.25) is 5.91 Å². The van der Waals surface area contributed by atoms with Crippen LogP contribution in [0.1, 0.15) is 5.76 Å². The number of aromatic nitrogens is 2. The highest BCUT2D eigenvalue weighted by Crippen LogP contribution is 2.34. The van der Waals surface area contributed by atoms with E-state index in [1.165, 1.54) is 17.8 Å². The zero-order chi connectivity index (χ0) is 24.4. The van der Waals surface area contributed by atoms with E-state index in [2.05, 4.69) is 15.3 Å². The third-order valence-electron chi connectivity index (χ3n) is 4.99. The molecule has 0 atom stereocenters. The number of carbonyl (C=O) groups excluding carboxylic acids is 3. The Labute approximate surface area is 207 Å². The topological polar surface area (TPSA) is 118 Å². The first-order valence-corrected chi connectivity index (χ1v) is 12.0. The molecular weight excluding hydrogens is 488 g/mol. The number of imide groups is 1. The Kier molecular flexibility index (Phi) is 6.34. The first kappa shape index (κ1) is 22.8. The summed E-state index contributed by atoms with van der Waals surface area (Å²) >= 11 is 2.08. The number of benzene rings is 2. The molecule has 2 aromatic carbocycles. The van der Waals surface area contributed by atoms with E-state index >= 15 is 0 Å². The molecule has 2 N–H and O–H groups in total. The second-order valence-electron chi connectivity index (χ2n) is 7.36. The lowest BCUT2D eigenvalue weighted by atomic mass is 10.3. The Morgan fingerprint density at radius 2 is 1.97 bits per heavy atom. The van der Waals surface area contributed by atoms with Crippen LogP contribution in [0.4, 0.5) is 10.5 Å². The lowest BCUT2D eigenvalue weighted by molar-refractivity contribution is -0.127. The maximum atomic E-state index is 12.7. The van der Waals surface area contributed by atoms with Gasteiger partial charge in [-0.25, -0.2) is 4.98 Å². The van der Waals surface area contributed by atoms with Crippen molar-refractivity contribution in [3.05, 3.63) is 71.3 Å². The highest BCUT2D eigenvalue weighted by Gasteiger charge is 2.36. The number of fused-ring (bicyclic) bond motifs is 1. The monoisotopic (exact) mass is 506 g/mol. The number of ether oxygens (including phenoxy) is 1. The van der Waals surface area contributed by atoms with Crippen LogP contribution >= 0.6 is 23.5 Å². The smallest absolute Gasteiger partial charge is 0.294 e. The molecule has 9 nitrogen and oxygen atoms in total. The number of anilines is 1. The van der Waals surface area contributed by atoms with E-state index in [0.29, 0.717) is 27.4 Å². The van der Waals surface area contributed by atoms with Crippen LogP contribution in [-0.2, 0) is 9.59 Å². The highest BCUT2D eigenvalue weighted by molar-refractivity contribution is 8.18. The Balaban J connectivity index is 1.22. The summed E-state index contributed by atoms with van der Waals surface area (Å²) in [4.78, 5) is 46.3. The van der Waals surface area contributed by atoms with Crippen LogP contribution < -0.4 is 10.1 Å². The number of amides is 3. The van der Waals surface area contributed by atoms with Gasteiger partial charge >= 0.3 is 0 Å². The molecule has 1 fully saturated rings. The zero-order valence-corrected chi connectivity index (χ0v) is 19.9. The highest BCUT2D eigenvalue weighted by atomic mass is 32.2. The van der Waals surface area contributed by atoms with Crippen LogP contribution in [0.2, 0.25) is 0 Å². The Hall–Kier alpha value is -3.96. The van der Waals surface area contributed by atoms with Crippen molar-refractivity contribution in [2.24, 2.45) is 0 Å². The first-order valence-electron chi connectivity index (χ1n) is 10.4. The molecule has 176 valence electrons. The van der Waals surface area contributed by atoms with Gasteiger partial charge in [-0.3, -0.25) is 19.3 Å². The van der Waals surface area contributed by atoms with Crippen molar-refractivity contribution in [3.8, 4) is 5.75 Å². The van der Waals surface area contributed by atoms with Crippen LogP contribution in [0.3, 0.4) is 0 Å². The molecule has 0 aliphatic carbocycles. The molecule has 0 radical (unpaired) electrons. The molecule has 3 amide bonds. The molecular formula is C24H18N4O5S2. The molecule has 0 bridgehead atoms. The molecule has 0 unspecified atom stereocenters. The number of hydrogen-bond donors (Lipinski definition) is 2. The largest absolute Gasteiger partial charge is 0.497 e. The minimum atomic E-state index is -0.548.